The summed E-state index contributed by atoms with van der Waals surface area (Å²) in [7, 11) is 1.18. The molecule has 1 saturated heterocycles. The van der Waals surface area contributed by atoms with Gasteiger partial charge in [-0.25, -0.2) is 0 Å². The van der Waals surface area contributed by atoms with Crippen molar-refractivity contribution in [2.75, 3.05) is 13.7 Å². The smallest absolute Gasteiger partial charge is 0.306 e. The van der Waals surface area contributed by atoms with Gasteiger partial charge in [0.1, 0.15) is 23.2 Å². The van der Waals surface area contributed by atoms with E-state index in [-0.39, 0.29) is 48.8 Å². The molecule has 5 rings (SSSR count). The monoisotopic (exact) mass is 687 g/mol. The second-order valence-electron chi connectivity index (χ2n) is 12.6. The van der Waals surface area contributed by atoms with E-state index in [1.54, 1.807) is 0 Å². The van der Waals surface area contributed by atoms with Crippen molar-refractivity contribution >= 4 is 41.1 Å². The van der Waals surface area contributed by atoms with E-state index >= 15 is 0 Å². The van der Waals surface area contributed by atoms with Gasteiger partial charge < -0.3 is 50.2 Å². The van der Waals surface area contributed by atoms with Gasteiger partial charge in [-0.1, -0.05) is 0 Å². The van der Waals surface area contributed by atoms with Gasteiger partial charge in [0.25, 0.3) is 0 Å². The number of esters is 1. The Bertz CT molecular complexity index is 1670. The van der Waals surface area contributed by atoms with Crippen molar-refractivity contribution in [3.63, 3.8) is 0 Å². The van der Waals surface area contributed by atoms with Crippen LogP contribution in [0.1, 0.15) is 89.8 Å². The molecule has 264 valence electrons. The van der Waals surface area contributed by atoms with Crippen molar-refractivity contribution in [1.29, 1.82) is 0 Å². The van der Waals surface area contributed by atoms with Gasteiger partial charge in [0.2, 0.25) is 5.78 Å². The number of carbonyl (C=O) groups is 6. The number of hydrogen-bond donors (Lipinski definition) is 6. The zero-order valence-corrected chi connectivity index (χ0v) is 26.7. The summed E-state index contributed by atoms with van der Waals surface area (Å²) in [6.45, 7) is 0.603. The molecule has 1 heterocycles. The summed E-state index contributed by atoms with van der Waals surface area (Å²) in [5, 5.41) is 53.3. The summed E-state index contributed by atoms with van der Waals surface area (Å²) in [6.07, 6.45) is -5.25. The largest absolute Gasteiger partial charge is 0.507 e. The first-order chi connectivity index (χ1) is 23.1. The number of aliphatic hydroxyl groups is 2. The third-order valence-electron chi connectivity index (χ3n) is 9.28. The third-order valence-corrected chi connectivity index (χ3v) is 9.28. The molecule has 7 atom stereocenters. The molecule has 0 radical (unpaired) electrons. The maximum atomic E-state index is 14.2. The zero-order chi connectivity index (χ0) is 35.9. The highest BCUT2D eigenvalue weighted by atomic mass is 16.7. The third kappa shape index (κ3) is 6.67. The van der Waals surface area contributed by atoms with Crippen LogP contribution in [0, 0.1) is 0 Å². The van der Waals surface area contributed by atoms with Crippen molar-refractivity contribution in [1.82, 2.24) is 0 Å². The molecule has 1 aliphatic heterocycles. The summed E-state index contributed by atoms with van der Waals surface area (Å²) in [4.78, 5) is 77.3. The number of unbranched alkanes of at least 4 members (excludes halogenated alkanes) is 1. The van der Waals surface area contributed by atoms with Gasteiger partial charge in [-0.2, -0.15) is 0 Å². The summed E-state index contributed by atoms with van der Waals surface area (Å²) in [5.41, 5.74) is 1.22. The number of carboxylic acid groups (broad SMARTS) is 1. The first kappa shape index (κ1) is 36.0. The van der Waals surface area contributed by atoms with Crippen LogP contribution in [0.3, 0.4) is 0 Å². The van der Waals surface area contributed by atoms with E-state index in [1.165, 1.54) is 14.0 Å². The summed E-state index contributed by atoms with van der Waals surface area (Å²) < 4.78 is 22.0. The number of Topliss-reactive ketones (excluding diaryl/α,β-unsaturated/α-hetero) is 3. The Hall–Kier alpha value is -4.32. The number of ketones is 4. The average Bonchev–Trinajstić information content (AvgIpc) is 3.04. The number of carbonyl (C=O) groups excluding carboxylic acids is 5. The fourth-order valence-electron chi connectivity index (χ4n) is 6.68. The van der Waals surface area contributed by atoms with Gasteiger partial charge in [-0.3, -0.25) is 28.8 Å². The number of phenolic OH excluding ortho intramolecular Hbond substituents is 2. The molecule has 0 spiro atoms. The second kappa shape index (κ2) is 13.9. The maximum absolute atomic E-state index is 14.2. The van der Waals surface area contributed by atoms with Crippen LogP contribution in [-0.2, 0) is 38.1 Å². The topological polar surface area (TPSA) is 267 Å². The standard InChI is InChI=1S/C33H37NO15/c1-13-27(40)16(34)9-22(48-13)49-18-11-33(45,19(36)12-47-21(39)6-4-3-5-20(37)38)10-15-23(18)30(43)26-25(29(15)42)28(41)14-7-8-17(35)32(46-2)24(14)31(26)44/h7-8,13,16,18,22,27,32,40-41,44-45H,3-6,9-12,34H2,1-2H3,(H,37,38)/t13-,16-,18-,22-,27+,32?,33-/m0/s1. The number of ether oxygens (including phenoxy) is 4. The SMILES string of the molecule is COC1C(=O)C=Cc2c(O)c3c(c(O)c21)C(=O)C1=C(C[C@@](O)(C(=O)COC(=O)CCCCC(=O)O)C[C@@H]1O[C@H]1C[C@H](N)[C@H](O)[C@H](C)O1)C3=O. The van der Waals surface area contributed by atoms with E-state index in [9.17, 15) is 49.2 Å². The molecule has 1 unspecified atom stereocenters. The molecular weight excluding hydrogens is 650 g/mol. The number of methoxy groups -OCH3 is 1. The number of fused-ring (bicyclic) bond motifs is 2. The first-order valence-electron chi connectivity index (χ1n) is 15.7. The predicted octanol–water partition coefficient (Wildman–Crippen LogP) is 0.547. The van der Waals surface area contributed by atoms with Crippen LogP contribution in [0.2, 0.25) is 0 Å². The number of phenols is 2. The summed E-state index contributed by atoms with van der Waals surface area (Å²) >= 11 is 0. The molecule has 0 amide bonds. The molecule has 49 heavy (non-hydrogen) atoms. The van der Waals surface area contributed by atoms with Gasteiger partial charge in [0.15, 0.2) is 30.2 Å². The van der Waals surface area contributed by atoms with E-state index < -0.39 is 125 Å². The fourth-order valence-corrected chi connectivity index (χ4v) is 6.68. The Morgan fingerprint density at radius 2 is 1.71 bits per heavy atom. The Labute approximate surface area is 279 Å². The summed E-state index contributed by atoms with van der Waals surface area (Å²) in [5.74, 6) is -7.01. The number of benzene rings is 1. The quantitative estimate of drug-likeness (QED) is 0.105. The van der Waals surface area contributed by atoms with Crippen LogP contribution in [-0.4, -0.2) is 111 Å². The lowest BCUT2D eigenvalue weighted by molar-refractivity contribution is -0.239. The minimum Gasteiger partial charge on any atom is -0.507 e. The highest BCUT2D eigenvalue weighted by Crippen LogP contribution is 2.51. The van der Waals surface area contributed by atoms with Gasteiger partial charge in [0.05, 0.1) is 29.4 Å². The first-order valence-corrected chi connectivity index (χ1v) is 15.7. The van der Waals surface area contributed by atoms with Gasteiger partial charge >= 0.3 is 11.9 Å². The Kier molecular flexibility index (Phi) is 10.2. The molecule has 0 bridgehead atoms. The molecule has 4 aliphatic rings. The number of aliphatic hydroxyl groups excluding tert-OH is 1. The highest BCUT2D eigenvalue weighted by Gasteiger charge is 2.53. The Morgan fingerprint density at radius 3 is 2.37 bits per heavy atom. The van der Waals surface area contributed by atoms with Crippen molar-refractivity contribution in [3.8, 4) is 11.5 Å². The van der Waals surface area contributed by atoms with Crippen molar-refractivity contribution in [2.24, 2.45) is 5.73 Å². The predicted molar refractivity (Wildman–Crippen MR) is 163 cm³/mol. The highest BCUT2D eigenvalue weighted by molar-refractivity contribution is 6.30. The van der Waals surface area contributed by atoms with Gasteiger partial charge in [-0.15, -0.1) is 0 Å². The minimum atomic E-state index is -2.44. The van der Waals surface area contributed by atoms with E-state index in [2.05, 4.69) is 0 Å². The molecule has 1 aromatic carbocycles. The maximum Gasteiger partial charge on any atom is 0.306 e. The molecule has 16 heteroatoms. The van der Waals surface area contributed by atoms with E-state index in [0.717, 1.165) is 12.2 Å². The van der Waals surface area contributed by atoms with Crippen molar-refractivity contribution in [2.45, 2.75) is 94.2 Å². The second-order valence-corrected chi connectivity index (χ2v) is 12.6. The van der Waals surface area contributed by atoms with Gasteiger partial charge in [0, 0.05) is 67.5 Å². The normalized spacial score (nSPS) is 29.3. The number of hydrogen-bond acceptors (Lipinski definition) is 15. The number of aromatic hydroxyl groups is 2. The molecule has 16 nitrogen and oxygen atoms in total. The van der Waals surface area contributed by atoms with Crippen LogP contribution in [0.5, 0.6) is 11.5 Å². The molecule has 1 aromatic rings. The Balaban J connectivity index is 1.51. The number of carboxylic acids is 1. The average molecular weight is 688 g/mol. The van der Waals surface area contributed by atoms with Crippen LogP contribution >= 0.6 is 0 Å². The van der Waals surface area contributed by atoms with Crippen LogP contribution in [0.25, 0.3) is 6.08 Å². The number of nitrogens with two attached hydrogens (primary N) is 1. The van der Waals surface area contributed by atoms with Crippen LogP contribution < -0.4 is 5.73 Å². The van der Waals surface area contributed by atoms with Crippen molar-refractivity contribution in [3.05, 3.63) is 39.5 Å². The minimum absolute atomic E-state index is 0.0846. The number of aliphatic carboxylic acids is 1. The fraction of sp³-hybridized carbons (Fsp3) is 0.515. The molecule has 3 aliphatic carbocycles. The Morgan fingerprint density at radius 1 is 1.04 bits per heavy atom. The van der Waals surface area contributed by atoms with E-state index in [4.69, 9.17) is 29.8 Å². The lowest BCUT2D eigenvalue weighted by Crippen LogP contribution is -2.55. The van der Waals surface area contributed by atoms with E-state index in [0.29, 0.717) is 0 Å². The molecule has 0 aromatic heterocycles. The van der Waals surface area contributed by atoms with Gasteiger partial charge in [-0.05, 0) is 31.9 Å². The zero-order valence-electron chi connectivity index (χ0n) is 26.7. The van der Waals surface area contributed by atoms with Crippen LogP contribution in [0.15, 0.2) is 17.2 Å². The number of rotatable bonds is 11. The molecule has 0 saturated carbocycles. The molecular formula is C33H37NO15. The molecule has 1 fully saturated rings. The lowest BCUT2D eigenvalue weighted by atomic mass is 9.68. The van der Waals surface area contributed by atoms with Crippen LogP contribution in [0.4, 0.5) is 0 Å². The summed E-state index contributed by atoms with van der Waals surface area (Å²) in [6, 6.07) is -0.824. The van der Waals surface area contributed by atoms with Crippen molar-refractivity contribution < 1.29 is 73.2 Å². The lowest BCUT2D eigenvalue weighted by Gasteiger charge is -2.42. The van der Waals surface area contributed by atoms with E-state index in [1.807, 2.05) is 0 Å². The molecule has 7 N–H and O–H groups in total.